The number of halogens is 1. The van der Waals surface area contributed by atoms with Crippen LogP contribution in [0.4, 0.5) is 22.9 Å². The molecule has 0 atom stereocenters. The van der Waals surface area contributed by atoms with E-state index in [1.165, 1.54) is 12.8 Å². The van der Waals surface area contributed by atoms with Crippen molar-refractivity contribution in [1.29, 1.82) is 0 Å². The Morgan fingerprint density at radius 2 is 1.75 bits per heavy atom. The molecule has 0 bridgehead atoms. The van der Waals surface area contributed by atoms with E-state index in [2.05, 4.69) is 41.7 Å². The first-order valence-corrected chi connectivity index (χ1v) is 9.98. The van der Waals surface area contributed by atoms with Crippen molar-refractivity contribution in [2.45, 2.75) is 12.8 Å². The van der Waals surface area contributed by atoms with Gasteiger partial charge in [-0.3, -0.25) is 4.79 Å². The van der Waals surface area contributed by atoms with E-state index in [9.17, 15) is 4.79 Å². The van der Waals surface area contributed by atoms with Gasteiger partial charge in [-0.15, -0.1) is 5.10 Å². The van der Waals surface area contributed by atoms with Crippen LogP contribution in [0.3, 0.4) is 0 Å². The summed E-state index contributed by atoms with van der Waals surface area (Å²) in [5.74, 6) is 0.557. The van der Waals surface area contributed by atoms with Crippen LogP contribution >= 0.6 is 15.9 Å². The van der Waals surface area contributed by atoms with Crippen molar-refractivity contribution < 1.29 is 4.79 Å². The standard InChI is InChI=1S/C21H20BrN5O/c22-16-5-3-4-15(12-16)21(28)25-18-8-6-17(7-9-18)24-20-13-19(14-23-26-20)27-10-1-2-11-27/h3-9,12-14H,1-2,10-11H2,(H,24,26)(H,25,28). The molecule has 0 aliphatic carbocycles. The van der Waals surface area contributed by atoms with Crippen molar-refractivity contribution in [2.24, 2.45) is 0 Å². The Morgan fingerprint density at radius 3 is 2.50 bits per heavy atom. The summed E-state index contributed by atoms with van der Waals surface area (Å²) in [5.41, 5.74) is 3.30. The van der Waals surface area contributed by atoms with Crippen molar-refractivity contribution in [3.8, 4) is 0 Å². The van der Waals surface area contributed by atoms with Crippen LogP contribution < -0.4 is 15.5 Å². The van der Waals surface area contributed by atoms with Crippen molar-refractivity contribution >= 4 is 44.7 Å². The van der Waals surface area contributed by atoms with Gasteiger partial charge in [-0.2, -0.15) is 5.10 Å². The van der Waals surface area contributed by atoms with Crippen molar-refractivity contribution in [2.75, 3.05) is 28.6 Å². The van der Waals surface area contributed by atoms with Crippen LogP contribution in [0.1, 0.15) is 23.2 Å². The summed E-state index contributed by atoms with van der Waals surface area (Å²) in [6.45, 7) is 2.13. The number of nitrogens with zero attached hydrogens (tertiary/aromatic N) is 3. The topological polar surface area (TPSA) is 70.2 Å². The maximum Gasteiger partial charge on any atom is 0.255 e. The molecule has 1 aromatic heterocycles. The zero-order chi connectivity index (χ0) is 19.3. The highest BCUT2D eigenvalue weighted by Gasteiger charge is 2.13. The highest BCUT2D eigenvalue weighted by atomic mass is 79.9. The van der Waals surface area contributed by atoms with E-state index in [1.807, 2.05) is 42.5 Å². The Balaban J connectivity index is 1.41. The van der Waals surface area contributed by atoms with Crippen molar-refractivity contribution in [3.63, 3.8) is 0 Å². The maximum absolute atomic E-state index is 12.3. The fourth-order valence-electron chi connectivity index (χ4n) is 3.18. The number of anilines is 4. The summed E-state index contributed by atoms with van der Waals surface area (Å²) >= 11 is 3.38. The molecule has 6 nitrogen and oxygen atoms in total. The lowest BCUT2D eigenvalue weighted by atomic mass is 10.2. The summed E-state index contributed by atoms with van der Waals surface area (Å²) in [7, 11) is 0. The minimum atomic E-state index is -0.147. The molecule has 1 amide bonds. The number of rotatable bonds is 5. The predicted octanol–water partition coefficient (Wildman–Crippen LogP) is 4.84. The Kier molecular flexibility index (Phi) is 5.53. The molecule has 0 radical (unpaired) electrons. The Morgan fingerprint density at radius 1 is 1.00 bits per heavy atom. The fraction of sp³-hybridized carbons (Fsp3) is 0.190. The minimum absolute atomic E-state index is 0.147. The van der Waals surface area contributed by atoms with E-state index < -0.39 is 0 Å². The van der Waals surface area contributed by atoms with Gasteiger partial charge in [0, 0.05) is 40.6 Å². The molecule has 3 aromatic rings. The summed E-state index contributed by atoms with van der Waals surface area (Å²) in [6.07, 6.45) is 4.24. The van der Waals surface area contributed by atoms with Crippen LogP contribution in [0.2, 0.25) is 0 Å². The molecule has 2 aromatic carbocycles. The zero-order valence-corrected chi connectivity index (χ0v) is 16.8. The number of carbonyl (C=O) groups is 1. The predicted molar refractivity (Wildman–Crippen MR) is 115 cm³/mol. The molecule has 1 aliphatic rings. The van der Waals surface area contributed by atoms with Gasteiger partial charge in [0.25, 0.3) is 5.91 Å². The number of amides is 1. The van der Waals surface area contributed by atoms with Crippen LogP contribution in [-0.2, 0) is 0 Å². The number of benzene rings is 2. The fourth-order valence-corrected chi connectivity index (χ4v) is 3.58. The van der Waals surface area contributed by atoms with Gasteiger partial charge < -0.3 is 15.5 Å². The molecule has 142 valence electrons. The first kappa shape index (κ1) is 18.4. The third kappa shape index (κ3) is 4.48. The second kappa shape index (κ2) is 8.39. The van der Waals surface area contributed by atoms with E-state index in [0.717, 1.165) is 34.6 Å². The smallest absolute Gasteiger partial charge is 0.255 e. The quantitative estimate of drug-likeness (QED) is 0.597. The largest absolute Gasteiger partial charge is 0.370 e. The lowest BCUT2D eigenvalue weighted by Gasteiger charge is -2.17. The molecule has 1 aliphatic heterocycles. The summed E-state index contributed by atoms with van der Waals surface area (Å²) in [5, 5.41) is 14.4. The zero-order valence-electron chi connectivity index (χ0n) is 15.2. The summed E-state index contributed by atoms with van der Waals surface area (Å²) < 4.78 is 0.872. The second-order valence-corrected chi connectivity index (χ2v) is 7.58. The molecule has 0 unspecified atom stereocenters. The van der Waals surface area contributed by atoms with E-state index in [0.29, 0.717) is 11.4 Å². The average Bonchev–Trinajstić information content (AvgIpc) is 3.25. The van der Waals surface area contributed by atoms with Gasteiger partial charge in [-0.1, -0.05) is 22.0 Å². The van der Waals surface area contributed by atoms with Gasteiger partial charge in [-0.25, -0.2) is 0 Å². The third-order valence-electron chi connectivity index (χ3n) is 4.61. The van der Waals surface area contributed by atoms with Crippen LogP contribution in [0, 0.1) is 0 Å². The van der Waals surface area contributed by atoms with Gasteiger partial charge >= 0.3 is 0 Å². The maximum atomic E-state index is 12.3. The van der Waals surface area contributed by atoms with Crippen LogP contribution in [0.25, 0.3) is 0 Å². The van der Waals surface area contributed by atoms with Crippen molar-refractivity contribution in [3.05, 3.63) is 70.8 Å². The lowest BCUT2D eigenvalue weighted by molar-refractivity contribution is 0.102. The molecule has 0 saturated carbocycles. The average molecular weight is 438 g/mol. The molecular formula is C21H20BrN5O. The van der Waals surface area contributed by atoms with Crippen LogP contribution in [0.5, 0.6) is 0 Å². The lowest BCUT2D eigenvalue weighted by Crippen LogP contribution is -2.18. The van der Waals surface area contributed by atoms with Gasteiger partial charge in [0.15, 0.2) is 5.82 Å². The number of hydrogen-bond donors (Lipinski definition) is 2. The number of carbonyl (C=O) groups excluding carboxylic acids is 1. The molecule has 28 heavy (non-hydrogen) atoms. The second-order valence-electron chi connectivity index (χ2n) is 6.66. The Bertz CT molecular complexity index is 971. The van der Waals surface area contributed by atoms with E-state index in [1.54, 1.807) is 18.3 Å². The summed E-state index contributed by atoms with van der Waals surface area (Å²) in [4.78, 5) is 14.7. The first-order chi connectivity index (χ1) is 13.7. The van der Waals surface area contributed by atoms with Crippen molar-refractivity contribution in [1.82, 2.24) is 10.2 Å². The number of nitrogens with one attached hydrogen (secondary N) is 2. The molecule has 2 N–H and O–H groups in total. The number of aromatic nitrogens is 2. The monoisotopic (exact) mass is 437 g/mol. The molecule has 2 heterocycles. The number of hydrogen-bond acceptors (Lipinski definition) is 5. The molecule has 1 saturated heterocycles. The van der Waals surface area contributed by atoms with Crippen LogP contribution in [0.15, 0.2) is 65.3 Å². The Labute approximate surface area is 172 Å². The molecule has 4 rings (SSSR count). The highest BCUT2D eigenvalue weighted by Crippen LogP contribution is 2.23. The van der Waals surface area contributed by atoms with E-state index >= 15 is 0 Å². The van der Waals surface area contributed by atoms with E-state index in [-0.39, 0.29) is 5.91 Å². The molecule has 7 heteroatoms. The van der Waals surface area contributed by atoms with Gasteiger partial charge in [0.2, 0.25) is 0 Å². The first-order valence-electron chi connectivity index (χ1n) is 9.19. The van der Waals surface area contributed by atoms with Gasteiger partial charge in [0.05, 0.1) is 11.9 Å². The highest BCUT2D eigenvalue weighted by molar-refractivity contribution is 9.10. The molecule has 0 spiro atoms. The van der Waals surface area contributed by atoms with E-state index in [4.69, 9.17) is 0 Å². The third-order valence-corrected chi connectivity index (χ3v) is 5.11. The molecular weight excluding hydrogens is 418 g/mol. The van der Waals surface area contributed by atoms with Gasteiger partial charge in [0.1, 0.15) is 0 Å². The minimum Gasteiger partial charge on any atom is -0.370 e. The normalized spacial score (nSPS) is 13.4. The Hall–Kier alpha value is -2.93. The van der Waals surface area contributed by atoms with Crippen LogP contribution in [-0.4, -0.2) is 29.2 Å². The van der Waals surface area contributed by atoms with Gasteiger partial charge in [-0.05, 0) is 55.3 Å². The SMILES string of the molecule is O=C(Nc1ccc(Nc2cc(N3CCCC3)cnn2)cc1)c1cccc(Br)c1. The molecule has 1 fully saturated rings. The summed E-state index contributed by atoms with van der Waals surface area (Å²) in [6, 6.07) is 16.8.